The number of nitrogens with two attached hydrogens (primary N) is 1. The van der Waals surface area contributed by atoms with E-state index in [1.807, 2.05) is 42.5 Å². The van der Waals surface area contributed by atoms with Crippen LogP contribution < -0.4 is 15.2 Å². The monoisotopic (exact) mass is 229 g/mol. The highest BCUT2D eigenvalue weighted by Gasteiger charge is 2.07. The molecule has 0 fully saturated rings. The van der Waals surface area contributed by atoms with Gasteiger partial charge < -0.3 is 15.2 Å². The Hall–Kier alpha value is -2.16. The van der Waals surface area contributed by atoms with Gasteiger partial charge >= 0.3 is 0 Å². The van der Waals surface area contributed by atoms with Crippen LogP contribution in [-0.2, 0) is 6.61 Å². The van der Waals surface area contributed by atoms with Crippen molar-refractivity contribution in [1.82, 2.24) is 0 Å². The van der Waals surface area contributed by atoms with Crippen LogP contribution in [0.5, 0.6) is 11.5 Å². The van der Waals surface area contributed by atoms with Crippen LogP contribution in [0.25, 0.3) is 0 Å². The first-order chi connectivity index (χ1) is 8.31. The third-order valence-corrected chi connectivity index (χ3v) is 2.45. The molecular formula is C14H15NO2. The Kier molecular flexibility index (Phi) is 3.50. The first kappa shape index (κ1) is 11.3. The molecule has 0 amide bonds. The minimum atomic E-state index is 0.501. The SMILES string of the molecule is COc1c(N)cccc1OCc1ccccc1. The second-order valence-corrected chi connectivity index (χ2v) is 3.65. The van der Waals surface area contributed by atoms with Crippen molar-refractivity contribution in [3.63, 3.8) is 0 Å². The Bertz CT molecular complexity index is 483. The molecule has 0 unspecified atom stereocenters. The first-order valence-corrected chi connectivity index (χ1v) is 5.40. The fraction of sp³-hybridized carbons (Fsp3) is 0.143. The van der Waals surface area contributed by atoms with Crippen molar-refractivity contribution < 1.29 is 9.47 Å². The third kappa shape index (κ3) is 2.69. The molecule has 0 aliphatic heterocycles. The van der Waals surface area contributed by atoms with Crippen LogP contribution in [0.3, 0.4) is 0 Å². The second-order valence-electron chi connectivity index (χ2n) is 3.65. The number of anilines is 1. The molecular weight excluding hydrogens is 214 g/mol. The van der Waals surface area contributed by atoms with Gasteiger partial charge in [-0.1, -0.05) is 36.4 Å². The fourth-order valence-electron chi connectivity index (χ4n) is 1.60. The molecule has 0 saturated heterocycles. The number of ether oxygens (including phenoxy) is 2. The predicted octanol–water partition coefficient (Wildman–Crippen LogP) is 2.86. The van der Waals surface area contributed by atoms with Crippen molar-refractivity contribution in [2.45, 2.75) is 6.61 Å². The van der Waals surface area contributed by atoms with Gasteiger partial charge in [-0.25, -0.2) is 0 Å². The van der Waals surface area contributed by atoms with Crippen molar-refractivity contribution in [2.75, 3.05) is 12.8 Å². The Balaban J connectivity index is 2.12. The van der Waals surface area contributed by atoms with Gasteiger partial charge in [0.25, 0.3) is 0 Å². The van der Waals surface area contributed by atoms with E-state index in [-0.39, 0.29) is 0 Å². The summed E-state index contributed by atoms with van der Waals surface area (Å²) in [6, 6.07) is 15.4. The van der Waals surface area contributed by atoms with Gasteiger partial charge in [-0.15, -0.1) is 0 Å². The molecule has 88 valence electrons. The van der Waals surface area contributed by atoms with Gasteiger partial charge in [0.2, 0.25) is 0 Å². The van der Waals surface area contributed by atoms with E-state index in [1.54, 1.807) is 13.2 Å². The molecule has 0 aromatic heterocycles. The molecule has 0 aliphatic rings. The number of methoxy groups -OCH3 is 1. The third-order valence-electron chi connectivity index (χ3n) is 2.45. The molecule has 3 heteroatoms. The van der Waals surface area contributed by atoms with Crippen molar-refractivity contribution in [1.29, 1.82) is 0 Å². The molecule has 0 saturated carbocycles. The number of hydrogen-bond donors (Lipinski definition) is 1. The van der Waals surface area contributed by atoms with Crippen molar-refractivity contribution in [3.05, 3.63) is 54.1 Å². The van der Waals surface area contributed by atoms with Crippen molar-refractivity contribution in [2.24, 2.45) is 0 Å². The van der Waals surface area contributed by atoms with Crippen LogP contribution >= 0.6 is 0 Å². The first-order valence-electron chi connectivity index (χ1n) is 5.40. The van der Waals surface area contributed by atoms with Crippen LogP contribution in [0.1, 0.15) is 5.56 Å². The summed E-state index contributed by atoms with van der Waals surface area (Å²) in [6.07, 6.45) is 0. The van der Waals surface area contributed by atoms with Crippen LogP contribution in [0.15, 0.2) is 48.5 Å². The predicted molar refractivity (Wildman–Crippen MR) is 68.2 cm³/mol. The Morgan fingerprint density at radius 3 is 2.47 bits per heavy atom. The van der Waals surface area contributed by atoms with E-state index in [0.29, 0.717) is 23.8 Å². The van der Waals surface area contributed by atoms with Crippen LogP contribution in [0.2, 0.25) is 0 Å². The zero-order chi connectivity index (χ0) is 12.1. The average molecular weight is 229 g/mol. The molecule has 3 nitrogen and oxygen atoms in total. The average Bonchev–Trinajstić information content (AvgIpc) is 2.37. The lowest BCUT2D eigenvalue weighted by Gasteiger charge is -2.12. The number of hydrogen-bond acceptors (Lipinski definition) is 3. The van der Waals surface area contributed by atoms with Crippen molar-refractivity contribution >= 4 is 5.69 Å². The van der Waals surface area contributed by atoms with Crippen molar-refractivity contribution in [3.8, 4) is 11.5 Å². The zero-order valence-electron chi connectivity index (χ0n) is 9.72. The number of para-hydroxylation sites is 1. The minimum Gasteiger partial charge on any atom is -0.491 e. The Labute approximate surface area is 101 Å². The highest BCUT2D eigenvalue weighted by atomic mass is 16.5. The van der Waals surface area contributed by atoms with Gasteiger partial charge in [0.1, 0.15) is 6.61 Å². The Morgan fingerprint density at radius 1 is 1.00 bits per heavy atom. The smallest absolute Gasteiger partial charge is 0.183 e. The van der Waals surface area contributed by atoms with Gasteiger partial charge in [-0.2, -0.15) is 0 Å². The minimum absolute atomic E-state index is 0.501. The van der Waals surface area contributed by atoms with E-state index in [0.717, 1.165) is 5.56 Å². The highest BCUT2D eigenvalue weighted by molar-refractivity contribution is 5.60. The maximum atomic E-state index is 5.80. The number of nitrogen functional groups attached to an aromatic ring is 1. The zero-order valence-corrected chi connectivity index (χ0v) is 9.72. The molecule has 2 aromatic carbocycles. The summed E-state index contributed by atoms with van der Waals surface area (Å²) in [4.78, 5) is 0. The lowest BCUT2D eigenvalue weighted by atomic mass is 10.2. The molecule has 0 aliphatic carbocycles. The summed E-state index contributed by atoms with van der Waals surface area (Å²) >= 11 is 0. The van der Waals surface area contributed by atoms with E-state index in [9.17, 15) is 0 Å². The van der Waals surface area contributed by atoms with Gasteiger partial charge in [-0.3, -0.25) is 0 Å². The van der Waals surface area contributed by atoms with Crippen LogP contribution in [0.4, 0.5) is 5.69 Å². The number of benzene rings is 2. The van der Waals surface area contributed by atoms with E-state index in [4.69, 9.17) is 15.2 Å². The normalized spacial score (nSPS) is 9.94. The summed E-state index contributed by atoms with van der Waals surface area (Å²) in [6.45, 7) is 0.501. The molecule has 0 heterocycles. The van der Waals surface area contributed by atoms with Gasteiger partial charge in [0.05, 0.1) is 12.8 Å². The molecule has 2 N–H and O–H groups in total. The molecule has 0 spiro atoms. The van der Waals surface area contributed by atoms with E-state index in [2.05, 4.69) is 0 Å². The fourth-order valence-corrected chi connectivity index (χ4v) is 1.60. The maximum absolute atomic E-state index is 5.80. The highest BCUT2D eigenvalue weighted by Crippen LogP contribution is 2.33. The molecule has 0 bridgehead atoms. The van der Waals surface area contributed by atoms with Gasteiger partial charge in [0, 0.05) is 0 Å². The van der Waals surface area contributed by atoms with Gasteiger partial charge in [-0.05, 0) is 17.7 Å². The van der Waals surface area contributed by atoms with E-state index >= 15 is 0 Å². The van der Waals surface area contributed by atoms with Crippen LogP contribution in [-0.4, -0.2) is 7.11 Å². The quantitative estimate of drug-likeness (QED) is 0.820. The van der Waals surface area contributed by atoms with E-state index in [1.165, 1.54) is 0 Å². The lowest BCUT2D eigenvalue weighted by Crippen LogP contribution is -1.99. The molecule has 0 radical (unpaired) electrons. The summed E-state index contributed by atoms with van der Waals surface area (Å²) in [7, 11) is 1.58. The topological polar surface area (TPSA) is 44.5 Å². The molecule has 2 aromatic rings. The number of rotatable bonds is 4. The largest absolute Gasteiger partial charge is 0.491 e. The summed E-state index contributed by atoms with van der Waals surface area (Å²) in [5, 5.41) is 0. The summed E-state index contributed by atoms with van der Waals surface area (Å²) in [5.74, 6) is 1.25. The second kappa shape index (κ2) is 5.25. The molecule has 0 atom stereocenters. The summed E-state index contributed by atoms with van der Waals surface area (Å²) in [5.41, 5.74) is 7.49. The molecule has 2 rings (SSSR count). The Morgan fingerprint density at radius 2 is 1.76 bits per heavy atom. The van der Waals surface area contributed by atoms with E-state index < -0.39 is 0 Å². The lowest BCUT2D eigenvalue weighted by molar-refractivity contribution is 0.285. The summed E-state index contributed by atoms with van der Waals surface area (Å²) < 4.78 is 10.9. The maximum Gasteiger partial charge on any atom is 0.183 e. The molecule has 17 heavy (non-hydrogen) atoms. The van der Waals surface area contributed by atoms with Gasteiger partial charge in [0.15, 0.2) is 11.5 Å². The van der Waals surface area contributed by atoms with Crippen LogP contribution in [0, 0.1) is 0 Å². The standard InChI is InChI=1S/C14H15NO2/c1-16-14-12(15)8-5-9-13(14)17-10-11-6-3-2-4-7-11/h2-9H,10,15H2,1H3.